The first-order valence-electron chi connectivity index (χ1n) is 16.9. The number of nitrogens with zero attached hydrogens (tertiary/aromatic N) is 4. The number of ether oxygens (including phenoxy) is 2. The fourth-order valence-electron chi connectivity index (χ4n) is 7.12. The van der Waals surface area contributed by atoms with Crippen molar-refractivity contribution >= 4 is 47.3 Å². The lowest BCUT2D eigenvalue weighted by Crippen LogP contribution is -2.43. The summed E-state index contributed by atoms with van der Waals surface area (Å²) < 4.78 is 27.4. The van der Waals surface area contributed by atoms with E-state index in [4.69, 9.17) is 19.4 Å². The maximum atomic E-state index is 16.1. The molecule has 0 spiro atoms. The Kier molecular flexibility index (Phi) is 11.6. The number of methoxy groups -OCH3 is 1. The molecule has 6 nitrogen and oxygen atoms in total. The Morgan fingerprint density at radius 1 is 0.939 bits per heavy atom. The van der Waals surface area contributed by atoms with Crippen LogP contribution in [-0.4, -0.2) is 56.8 Å². The molecule has 0 aliphatic heterocycles. The summed E-state index contributed by atoms with van der Waals surface area (Å²) in [6.45, 7) is 14.4. The minimum Gasteiger partial charge on any atom is -0.468 e. The Balaban J connectivity index is 1.79. The Morgan fingerprint density at radius 2 is 1.65 bits per heavy atom. The van der Waals surface area contributed by atoms with E-state index in [1.165, 1.54) is 23.4 Å². The van der Waals surface area contributed by atoms with Gasteiger partial charge in [0, 0.05) is 37.8 Å². The first kappa shape index (κ1) is 36.3. The van der Waals surface area contributed by atoms with Gasteiger partial charge >= 0.3 is 0 Å². The monoisotopic (exact) mass is 694 g/mol. The van der Waals surface area contributed by atoms with Crippen molar-refractivity contribution in [2.75, 3.05) is 38.7 Å². The highest BCUT2D eigenvalue weighted by Crippen LogP contribution is 2.42. The van der Waals surface area contributed by atoms with Gasteiger partial charge in [-0.05, 0) is 64.5 Å². The van der Waals surface area contributed by atoms with Gasteiger partial charge in [0.2, 0.25) is 0 Å². The van der Waals surface area contributed by atoms with Gasteiger partial charge in [0.05, 0.1) is 22.2 Å². The van der Waals surface area contributed by atoms with Gasteiger partial charge in [-0.3, -0.25) is 0 Å². The van der Waals surface area contributed by atoms with Gasteiger partial charge in [-0.15, -0.1) is 5.54 Å². The lowest BCUT2D eigenvalue weighted by Gasteiger charge is -2.38. The first-order chi connectivity index (χ1) is 23.5. The van der Waals surface area contributed by atoms with Crippen molar-refractivity contribution in [1.82, 2.24) is 15.0 Å². The molecule has 0 amide bonds. The predicted octanol–water partition coefficient (Wildman–Crippen LogP) is 9.94. The quantitative estimate of drug-likeness (QED) is 0.0424. The van der Waals surface area contributed by atoms with E-state index >= 15 is 4.39 Å². The van der Waals surface area contributed by atoms with E-state index in [1.807, 2.05) is 43.8 Å². The highest BCUT2D eigenvalue weighted by Gasteiger charge is 2.41. The van der Waals surface area contributed by atoms with E-state index < -0.39 is 8.07 Å². The average molecular weight is 695 g/mol. The fourth-order valence-corrected chi connectivity index (χ4v) is 12.7. The first-order valence-corrected chi connectivity index (χ1v) is 20.3. The van der Waals surface area contributed by atoms with Gasteiger partial charge in [-0.1, -0.05) is 95.6 Å². The molecule has 3 aromatic carbocycles. The number of halogens is 1. The average Bonchev–Trinajstić information content (AvgIpc) is 3.09. The predicted molar refractivity (Wildman–Crippen MR) is 206 cm³/mol. The van der Waals surface area contributed by atoms with Crippen molar-refractivity contribution in [3.63, 3.8) is 0 Å². The highest BCUT2D eigenvalue weighted by atomic mass is 32.2. The second-order valence-corrected chi connectivity index (χ2v) is 19.8. The molecule has 256 valence electrons. The van der Waals surface area contributed by atoms with Crippen molar-refractivity contribution in [1.29, 1.82) is 0 Å². The zero-order valence-electron chi connectivity index (χ0n) is 30.1. The van der Waals surface area contributed by atoms with E-state index in [9.17, 15) is 0 Å². The van der Waals surface area contributed by atoms with Crippen LogP contribution in [0, 0.1) is 17.3 Å². The summed E-state index contributed by atoms with van der Waals surface area (Å²) in [7, 11) is 1.46. The number of rotatable bonds is 12. The number of fused-ring (bicyclic) bond motifs is 2. The van der Waals surface area contributed by atoms with Crippen LogP contribution in [0.5, 0.6) is 5.75 Å². The lowest BCUT2D eigenvalue weighted by molar-refractivity contribution is 0.0512. The number of benzene rings is 3. The van der Waals surface area contributed by atoms with Crippen LogP contribution in [0.1, 0.15) is 52.7 Å². The van der Waals surface area contributed by atoms with Gasteiger partial charge in [0.25, 0.3) is 0 Å². The Morgan fingerprint density at radius 3 is 2.31 bits per heavy atom. The van der Waals surface area contributed by atoms with Crippen LogP contribution in [0.2, 0.25) is 16.6 Å². The molecule has 0 fully saturated rings. The molecular formula is C40H47FN4O2SSi. The lowest BCUT2D eigenvalue weighted by atomic mass is 9.96. The second kappa shape index (κ2) is 15.7. The maximum Gasteiger partial charge on any atom is 0.188 e. The fraction of sp³-hybridized carbons (Fsp3) is 0.375. The van der Waals surface area contributed by atoms with Crippen molar-refractivity contribution in [3.05, 3.63) is 83.8 Å². The Bertz CT molecular complexity index is 1970. The molecule has 0 aliphatic carbocycles. The summed E-state index contributed by atoms with van der Waals surface area (Å²) in [6, 6.07) is 19.5. The van der Waals surface area contributed by atoms with Crippen LogP contribution in [0.25, 0.3) is 32.9 Å². The summed E-state index contributed by atoms with van der Waals surface area (Å²) in [5.41, 5.74) is 8.76. The molecule has 0 unspecified atom stereocenters. The van der Waals surface area contributed by atoms with Crippen molar-refractivity contribution in [3.8, 4) is 28.5 Å². The number of pyridine rings is 1. The van der Waals surface area contributed by atoms with Crippen LogP contribution >= 0.6 is 11.8 Å². The number of hydrogen-bond donors (Lipinski definition) is 0. The number of likely N-dealkylation sites (N-methyl/N-ethyl adjacent to an activating group) is 1. The molecule has 0 saturated carbocycles. The highest BCUT2D eigenvalue weighted by molar-refractivity contribution is 7.98. The van der Waals surface area contributed by atoms with Crippen LogP contribution in [0.4, 0.5) is 10.2 Å². The molecule has 0 N–H and O–H groups in total. The second-order valence-electron chi connectivity index (χ2n) is 13.5. The van der Waals surface area contributed by atoms with E-state index in [1.54, 1.807) is 13.2 Å². The van der Waals surface area contributed by atoms with Crippen molar-refractivity contribution in [2.45, 2.75) is 69.7 Å². The van der Waals surface area contributed by atoms with Crippen molar-refractivity contribution in [2.24, 2.45) is 0 Å². The topological polar surface area (TPSA) is 60.4 Å². The van der Waals surface area contributed by atoms with Gasteiger partial charge in [0.15, 0.2) is 11.9 Å². The largest absolute Gasteiger partial charge is 0.468 e. The molecule has 0 atom stereocenters. The molecule has 2 heterocycles. The van der Waals surface area contributed by atoms with E-state index in [-0.39, 0.29) is 12.6 Å². The van der Waals surface area contributed by atoms with Gasteiger partial charge < -0.3 is 14.4 Å². The van der Waals surface area contributed by atoms with Gasteiger partial charge in [-0.2, -0.15) is 0 Å². The summed E-state index contributed by atoms with van der Waals surface area (Å²) >= 11 is 1.49. The minimum atomic E-state index is -2.16. The molecule has 49 heavy (non-hydrogen) atoms. The summed E-state index contributed by atoms with van der Waals surface area (Å²) in [5.74, 6) is 4.45. The SMILES string of the molecule is COCOc1cc(-c2cc3nc(SC)ncc3c(N(C)CCc3ccccc3)n2)c2c(C#C[Si](C(C)C)(C(C)C)C(C)C)c(F)ccc2c1. The number of anilines is 1. The molecule has 5 rings (SSSR count). The third kappa shape index (κ3) is 7.62. The molecule has 0 radical (unpaired) electrons. The molecular weight excluding hydrogens is 648 g/mol. The Hall–Kier alpha value is -3.97. The number of hydrogen-bond acceptors (Lipinski definition) is 7. The zero-order valence-corrected chi connectivity index (χ0v) is 31.9. The normalized spacial score (nSPS) is 11.9. The Labute approximate surface area is 295 Å². The van der Waals surface area contributed by atoms with Crippen LogP contribution in [-0.2, 0) is 11.2 Å². The third-order valence-corrected chi connectivity index (χ3v) is 16.4. The van der Waals surface area contributed by atoms with Crippen molar-refractivity contribution < 1.29 is 13.9 Å². The molecule has 0 aliphatic rings. The number of thioether (sulfide) groups is 1. The maximum absolute atomic E-state index is 16.1. The summed E-state index contributed by atoms with van der Waals surface area (Å²) in [6.07, 6.45) is 4.65. The van der Waals surface area contributed by atoms with Crippen LogP contribution in [0.15, 0.2) is 72.0 Å². The van der Waals surface area contributed by atoms with E-state index in [0.29, 0.717) is 44.2 Å². The summed E-state index contributed by atoms with van der Waals surface area (Å²) in [4.78, 5) is 16.9. The smallest absolute Gasteiger partial charge is 0.188 e. The van der Waals surface area contributed by atoms with E-state index in [0.717, 1.165) is 40.6 Å². The standard InChI is InChI=1S/C40H47FN4O2SSi/c1-26(2)49(27(3)4,28(5)6)20-18-32-35(41)16-15-30-21-31(47-25-46-8)22-33(38(30)32)36-23-37-34(24-42-40(44-37)48-9)39(43-36)45(7)19-17-29-13-11-10-12-14-29/h10-16,21-24,26-28H,17,19,25H2,1-9H3. The number of aromatic nitrogens is 3. The molecule has 0 saturated heterocycles. The minimum absolute atomic E-state index is 0.0764. The van der Waals surface area contributed by atoms with Gasteiger partial charge in [-0.25, -0.2) is 19.3 Å². The zero-order chi connectivity index (χ0) is 35.3. The molecule has 5 aromatic rings. The molecule has 2 aromatic heterocycles. The van der Waals surface area contributed by atoms with Gasteiger partial charge in [0.1, 0.15) is 25.5 Å². The van der Waals surface area contributed by atoms with E-state index in [2.05, 4.69) is 87.2 Å². The molecule has 0 bridgehead atoms. The van der Waals surface area contributed by atoms with Crippen LogP contribution in [0.3, 0.4) is 0 Å². The third-order valence-electron chi connectivity index (χ3n) is 9.59. The summed E-state index contributed by atoms with van der Waals surface area (Å²) in [5, 5.41) is 3.04. The molecule has 9 heteroatoms. The van der Waals surface area contributed by atoms with Crippen LogP contribution < -0.4 is 9.64 Å².